The summed E-state index contributed by atoms with van der Waals surface area (Å²) in [4.78, 5) is 0.271. The van der Waals surface area contributed by atoms with Crippen molar-refractivity contribution in [2.75, 3.05) is 5.75 Å². The van der Waals surface area contributed by atoms with Gasteiger partial charge in [-0.25, -0.2) is 12.8 Å². The quantitative estimate of drug-likeness (QED) is 0.688. The minimum atomic E-state index is -3.24. The number of rotatable bonds is 0. The van der Waals surface area contributed by atoms with Gasteiger partial charge in [0.05, 0.1) is 10.6 Å². The van der Waals surface area contributed by atoms with Crippen LogP contribution in [-0.2, 0) is 15.3 Å². The van der Waals surface area contributed by atoms with E-state index in [2.05, 4.69) is 0 Å². The van der Waals surface area contributed by atoms with Crippen molar-refractivity contribution in [3.05, 3.63) is 29.6 Å². The molecule has 0 radical (unpaired) electrons. The van der Waals surface area contributed by atoms with Gasteiger partial charge >= 0.3 is 0 Å². The molecule has 1 aliphatic carbocycles. The molecule has 1 heterocycles. The molecule has 1 saturated carbocycles. The maximum atomic E-state index is 13.2. The zero-order valence-corrected chi connectivity index (χ0v) is 9.43. The molecule has 3 nitrogen and oxygen atoms in total. The van der Waals surface area contributed by atoms with E-state index in [1.165, 1.54) is 18.2 Å². The van der Waals surface area contributed by atoms with E-state index >= 15 is 0 Å². The van der Waals surface area contributed by atoms with Gasteiger partial charge in [-0.2, -0.15) is 0 Å². The normalized spacial score (nSPS) is 34.8. The number of benzene rings is 1. The monoisotopic (exact) mass is 241 g/mol. The summed E-state index contributed by atoms with van der Waals surface area (Å²) in [6.07, 6.45) is 1.28. The maximum absolute atomic E-state index is 13.2. The van der Waals surface area contributed by atoms with Gasteiger partial charge in [0.25, 0.3) is 0 Å². The Morgan fingerprint density at radius 2 is 2.12 bits per heavy atom. The van der Waals surface area contributed by atoms with E-state index < -0.39 is 15.7 Å². The van der Waals surface area contributed by atoms with Crippen molar-refractivity contribution in [1.82, 2.24) is 0 Å². The molecular weight excluding hydrogens is 229 g/mol. The van der Waals surface area contributed by atoms with E-state index in [0.717, 1.165) is 6.42 Å². The van der Waals surface area contributed by atoms with Gasteiger partial charge in [-0.05, 0) is 36.6 Å². The van der Waals surface area contributed by atoms with Gasteiger partial charge in [-0.1, -0.05) is 0 Å². The molecule has 1 aromatic carbocycles. The van der Waals surface area contributed by atoms with Crippen molar-refractivity contribution in [3.63, 3.8) is 0 Å². The molecule has 0 saturated heterocycles. The first-order valence-electron chi connectivity index (χ1n) is 5.24. The SMILES string of the molecule is NC1CC12CCS(=O)(=O)c1ccc(F)cc12. The van der Waals surface area contributed by atoms with Crippen molar-refractivity contribution in [2.24, 2.45) is 5.73 Å². The second-order valence-corrected chi connectivity index (χ2v) is 6.75. The molecule has 0 aromatic heterocycles. The molecule has 3 rings (SSSR count). The van der Waals surface area contributed by atoms with Crippen LogP contribution in [0.3, 0.4) is 0 Å². The van der Waals surface area contributed by atoms with E-state index in [0.29, 0.717) is 12.0 Å². The number of hydrogen-bond donors (Lipinski definition) is 1. The molecule has 1 fully saturated rings. The van der Waals surface area contributed by atoms with Crippen molar-refractivity contribution in [1.29, 1.82) is 0 Å². The van der Waals surface area contributed by atoms with Crippen LogP contribution in [0.4, 0.5) is 4.39 Å². The fourth-order valence-corrected chi connectivity index (χ4v) is 4.38. The Kier molecular flexibility index (Phi) is 1.82. The van der Waals surface area contributed by atoms with Gasteiger partial charge in [-0.15, -0.1) is 0 Å². The number of sulfone groups is 1. The van der Waals surface area contributed by atoms with Crippen LogP contribution in [0.2, 0.25) is 0 Å². The van der Waals surface area contributed by atoms with Crippen LogP contribution >= 0.6 is 0 Å². The van der Waals surface area contributed by atoms with Crippen LogP contribution in [-0.4, -0.2) is 20.2 Å². The molecule has 1 aromatic rings. The lowest BCUT2D eigenvalue weighted by Gasteiger charge is -2.25. The fourth-order valence-electron chi connectivity index (χ4n) is 2.65. The second kappa shape index (κ2) is 2.84. The maximum Gasteiger partial charge on any atom is 0.178 e. The van der Waals surface area contributed by atoms with Crippen LogP contribution in [0.5, 0.6) is 0 Å². The molecule has 0 amide bonds. The molecular formula is C11H12FNO2S. The van der Waals surface area contributed by atoms with Gasteiger partial charge in [0, 0.05) is 11.5 Å². The van der Waals surface area contributed by atoms with E-state index in [9.17, 15) is 12.8 Å². The Hall–Kier alpha value is -0.940. The highest BCUT2D eigenvalue weighted by Gasteiger charge is 2.57. The standard InChI is InChI=1S/C11H12FNO2S/c12-7-1-2-9-8(5-7)11(6-10(11)13)3-4-16(9,14)15/h1-2,5,10H,3-4,6,13H2. The van der Waals surface area contributed by atoms with E-state index in [-0.39, 0.29) is 22.1 Å². The van der Waals surface area contributed by atoms with Gasteiger partial charge in [0.15, 0.2) is 9.84 Å². The molecule has 2 N–H and O–H groups in total. The van der Waals surface area contributed by atoms with Gasteiger partial charge in [0.1, 0.15) is 5.82 Å². The van der Waals surface area contributed by atoms with Crippen molar-refractivity contribution in [2.45, 2.75) is 29.2 Å². The average molecular weight is 241 g/mol. The first-order chi connectivity index (χ1) is 7.46. The Morgan fingerprint density at radius 1 is 1.44 bits per heavy atom. The van der Waals surface area contributed by atoms with Crippen molar-refractivity contribution < 1.29 is 12.8 Å². The van der Waals surface area contributed by atoms with E-state index in [4.69, 9.17) is 5.73 Å². The zero-order valence-electron chi connectivity index (χ0n) is 8.61. The number of nitrogens with two attached hydrogens (primary N) is 1. The summed E-state index contributed by atoms with van der Waals surface area (Å²) in [5.41, 5.74) is 6.18. The zero-order chi connectivity index (χ0) is 11.6. The summed E-state index contributed by atoms with van der Waals surface area (Å²) >= 11 is 0. The number of halogens is 1. The summed E-state index contributed by atoms with van der Waals surface area (Å²) in [5.74, 6) is -0.270. The Labute approximate surface area is 93.4 Å². The third kappa shape index (κ3) is 1.18. The van der Waals surface area contributed by atoms with Crippen LogP contribution < -0.4 is 5.73 Å². The minimum Gasteiger partial charge on any atom is -0.327 e. The molecule has 1 spiro atoms. The smallest absolute Gasteiger partial charge is 0.178 e. The third-order valence-corrected chi connectivity index (χ3v) is 5.53. The minimum absolute atomic E-state index is 0.0245. The Bertz CT molecular complexity index is 569. The van der Waals surface area contributed by atoms with E-state index in [1.54, 1.807) is 0 Å². The number of fused-ring (bicyclic) bond motifs is 2. The van der Waals surface area contributed by atoms with Gasteiger partial charge in [0.2, 0.25) is 0 Å². The lowest BCUT2D eigenvalue weighted by Crippen LogP contribution is -2.29. The first kappa shape index (κ1) is 10.2. The third-order valence-electron chi connectivity index (χ3n) is 3.76. The van der Waals surface area contributed by atoms with Crippen LogP contribution in [0, 0.1) is 5.82 Å². The summed E-state index contributed by atoms with van der Waals surface area (Å²) < 4.78 is 36.9. The fraction of sp³-hybridized carbons (Fsp3) is 0.455. The first-order valence-corrected chi connectivity index (χ1v) is 6.89. The molecule has 86 valence electrons. The summed E-state index contributed by atoms with van der Waals surface area (Å²) in [6, 6.07) is 3.87. The highest BCUT2D eigenvalue weighted by Crippen LogP contribution is 2.54. The predicted molar refractivity (Wildman–Crippen MR) is 57.3 cm³/mol. The second-order valence-electron chi connectivity index (χ2n) is 4.68. The van der Waals surface area contributed by atoms with Crippen LogP contribution in [0.25, 0.3) is 0 Å². The summed E-state index contributed by atoms with van der Waals surface area (Å²) in [6.45, 7) is 0. The predicted octanol–water partition coefficient (Wildman–Crippen LogP) is 0.972. The Balaban J connectivity index is 2.28. The summed E-state index contributed by atoms with van der Waals surface area (Å²) in [5, 5.41) is 0. The lowest BCUT2D eigenvalue weighted by molar-refractivity contribution is 0.543. The molecule has 2 unspecified atom stereocenters. The average Bonchev–Trinajstić information content (AvgIpc) is 2.86. The van der Waals surface area contributed by atoms with Crippen LogP contribution in [0.1, 0.15) is 18.4 Å². The molecule has 1 aliphatic heterocycles. The largest absolute Gasteiger partial charge is 0.327 e. The van der Waals surface area contributed by atoms with E-state index in [1.807, 2.05) is 0 Å². The Morgan fingerprint density at radius 3 is 2.75 bits per heavy atom. The topological polar surface area (TPSA) is 60.2 Å². The van der Waals surface area contributed by atoms with Crippen molar-refractivity contribution in [3.8, 4) is 0 Å². The van der Waals surface area contributed by atoms with Crippen molar-refractivity contribution >= 4 is 9.84 Å². The van der Waals surface area contributed by atoms with Crippen LogP contribution in [0.15, 0.2) is 23.1 Å². The lowest BCUT2D eigenvalue weighted by atomic mass is 9.91. The highest BCUT2D eigenvalue weighted by atomic mass is 32.2. The van der Waals surface area contributed by atoms with Gasteiger partial charge in [-0.3, -0.25) is 0 Å². The molecule has 16 heavy (non-hydrogen) atoms. The molecule has 2 atom stereocenters. The number of hydrogen-bond acceptors (Lipinski definition) is 3. The molecule has 0 bridgehead atoms. The molecule has 2 aliphatic rings. The summed E-state index contributed by atoms with van der Waals surface area (Å²) in [7, 11) is -3.24. The molecule has 5 heteroatoms. The van der Waals surface area contributed by atoms with Gasteiger partial charge < -0.3 is 5.73 Å². The highest BCUT2D eigenvalue weighted by molar-refractivity contribution is 7.91.